The van der Waals surface area contributed by atoms with Gasteiger partial charge in [0.15, 0.2) is 0 Å². The molecule has 2 nitrogen and oxygen atoms in total. The highest BCUT2D eigenvalue weighted by atomic mass is 32.1. The molecule has 1 aromatic heterocycles. The van der Waals surface area contributed by atoms with Crippen LogP contribution in [0.25, 0.3) is 0 Å². The lowest BCUT2D eigenvalue weighted by Crippen LogP contribution is -2.21. The van der Waals surface area contributed by atoms with Gasteiger partial charge in [-0.2, -0.15) is 11.3 Å². The van der Waals surface area contributed by atoms with E-state index in [2.05, 4.69) is 24.4 Å². The van der Waals surface area contributed by atoms with Gasteiger partial charge < -0.3 is 10.4 Å². The van der Waals surface area contributed by atoms with Crippen molar-refractivity contribution in [3.8, 4) is 0 Å². The second-order valence-electron chi connectivity index (χ2n) is 4.13. The molecular weight excluding hydrogens is 230 g/mol. The number of rotatable bonds is 5. The van der Waals surface area contributed by atoms with E-state index in [1.165, 1.54) is 11.1 Å². The smallest absolute Gasteiger partial charge is 0.0922 e. The van der Waals surface area contributed by atoms with E-state index in [1.807, 2.05) is 29.0 Å². The van der Waals surface area contributed by atoms with Gasteiger partial charge in [-0.1, -0.05) is 24.3 Å². The first-order valence-corrected chi connectivity index (χ1v) is 6.67. The van der Waals surface area contributed by atoms with Crippen LogP contribution in [0.3, 0.4) is 0 Å². The van der Waals surface area contributed by atoms with E-state index >= 15 is 0 Å². The Bertz CT molecular complexity index is 453. The summed E-state index contributed by atoms with van der Waals surface area (Å²) in [4.78, 5) is 0. The van der Waals surface area contributed by atoms with Gasteiger partial charge in [0.1, 0.15) is 0 Å². The van der Waals surface area contributed by atoms with Crippen LogP contribution in [0.2, 0.25) is 0 Å². The maximum Gasteiger partial charge on any atom is 0.0922 e. The fourth-order valence-electron chi connectivity index (χ4n) is 1.73. The fraction of sp³-hybridized carbons (Fsp3) is 0.286. The van der Waals surface area contributed by atoms with Gasteiger partial charge in [0.2, 0.25) is 0 Å². The zero-order chi connectivity index (χ0) is 12.1. The van der Waals surface area contributed by atoms with E-state index in [0.29, 0.717) is 6.54 Å². The molecule has 1 unspecified atom stereocenters. The second kappa shape index (κ2) is 5.96. The van der Waals surface area contributed by atoms with Gasteiger partial charge in [0.05, 0.1) is 6.10 Å². The average Bonchev–Trinajstić information content (AvgIpc) is 2.85. The molecule has 2 aromatic rings. The average molecular weight is 247 g/mol. The van der Waals surface area contributed by atoms with Crippen molar-refractivity contribution in [3.63, 3.8) is 0 Å². The number of aliphatic hydroxyl groups excluding tert-OH is 1. The summed E-state index contributed by atoms with van der Waals surface area (Å²) >= 11 is 1.61. The van der Waals surface area contributed by atoms with E-state index < -0.39 is 6.10 Å². The number of aryl methyl sites for hydroxylation is 1. The van der Waals surface area contributed by atoms with Crippen molar-refractivity contribution in [1.82, 2.24) is 5.32 Å². The summed E-state index contributed by atoms with van der Waals surface area (Å²) in [5, 5.41) is 17.2. The first kappa shape index (κ1) is 12.3. The summed E-state index contributed by atoms with van der Waals surface area (Å²) in [6.07, 6.45) is -0.412. The standard InChI is InChI=1S/C14H17NOS/c1-11-4-2-3-5-12(11)8-15-9-14(16)13-6-7-17-10-13/h2-7,10,14-16H,8-9H2,1H3. The number of nitrogens with one attached hydrogen (secondary N) is 1. The van der Waals surface area contributed by atoms with E-state index in [0.717, 1.165) is 12.1 Å². The summed E-state index contributed by atoms with van der Waals surface area (Å²) in [5.74, 6) is 0. The lowest BCUT2D eigenvalue weighted by atomic mass is 10.1. The van der Waals surface area contributed by atoms with Crippen LogP contribution in [-0.2, 0) is 6.54 Å². The monoisotopic (exact) mass is 247 g/mol. The Labute approximate surface area is 106 Å². The van der Waals surface area contributed by atoms with Crippen LogP contribution >= 0.6 is 11.3 Å². The molecule has 2 N–H and O–H groups in total. The molecule has 0 saturated carbocycles. The molecule has 0 aliphatic heterocycles. The van der Waals surface area contributed by atoms with Gasteiger partial charge in [0.25, 0.3) is 0 Å². The third-order valence-electron chi connectivity index (χ3n) is 2.84. The molecule has 1 aromatic carbocycles. The molecule has 0 aliphatic rings. The van der Waals surface area contributed by atoms with Gasteiger partial charge in [-0.15, -0.1) is 0 Å². The van der Waals surface area contributed by atoms with Crippen molar-refractivity contribution in [3.05, 3.63) is 57.8 Å². The van der Waals surface area contributed by atoms with Crippen LogP contribution in [0, 0.1) is 6.92 Å². The van der Waals surface area contributed by atoms with Crippen molar-refractivity contribution in [2.24, 2.45) is 0 Å². The van der Waals surface area contributed by atoms with Gasteiger partial charge in [-0.3, -0.25) is 0 Å². The Balaban J connectivity index is 1.82. The molecule has 1 heterocycles. The largest absolute Gasteiger partial charge is 0.387 e. The molecule has 0 amide bonds. The molecule has 0 fully saturated rings. The lowest BCUT2D eigenvalue weighted by Gasteiger charge is -2.11. The maximum absolute atomic E-state index is 9.90. The summed E-state index contributed by atoms with van der Waals surface area (Å²) in [6, 6.07) is 10.3. The highest BCUT2D eigenvalue weighted by molar-refractivity contribution is 7.07. The van der Waals surface area contributed by atoms with E-state index in [-0.39, 0.29) is 0 Å². The molecule has 0 aliphatic carbocycles. The minimum atomic E-state index is -0.412. The van der Waals surface area contributed by atoms with Crippen LogP contribution in [0.1, 0.15) is 22.8 Å². The fourth-order valence-corrected chi connectivity index (χ4v) is 2.44. The van der Waals surface area contributed by atoms with Gasteiger partial charge in [-0.25, -0.2) is 0 Å². The Kier molecular flexibility index (Phi) is 4.31. The Morgan fingerprint density at radius 3 is 2.82 bits per heavy atom. The molecular formula is C14H17NOS. The molecule has 3 heteroatoms. The first-order chi connectivity index (χ1) is 8.27. The Hall–Kier alpha value is -1.16. The van der Waals surface area contributed by atoms with Crippen LogP contribution in [-0.4, -0.2) is 11.7 Å². The summed E-state index contributed by atoms with van der Waals surface area (Å²) in [5.41, 5.74) is 3.56. The van der Waals surface area contributed by atoms with Gasteiger partial charge in [-0.05, 0) is 40.4 Å². The van der Waals surface area contributed by atoms with E-state index in [1.54, 1.807) is 11.3 Å². The normalized spacial score (nSPS) is 12.6. The zero-order valence-electron chi connectivity index (χ0n) is 9.89. The Morgan fingerprint density at radius 2 is 2.12 bits per heavy atom. The van der Waals surface area contributed by atoms with Crippen LogP contribution in [0.5, 0.6) is 0 Å². The SMILES string of the molecule is Cc1ccccc1CNCC(O)c1ccsc1. The molecule has 0 saturated heterocycles. The molecule has 90 valence electrons. The minimum Gasteiger partial charge on any atom is -0.387 e. The molecule has 0 spiro atoms. The van der Waals surface area contributed by atoms with Crippen molar-refractivity contribution in [1.29, 1.82) is 0 Å². The molecule has 1 atom stereocenters. The van der Waals surface area contributed by atoms with Gasteiger partial charge >= 0.3 is 0 Å². The van der Waals surface area contributed by atoms with Crippen LogP contribution in [0.15, 0.2) is 41.1 Å². The number of thiophene rings is 1. The summed E-state index contributed by atoms with van der Waals surface area (Å²) in [6.45, 7) is 3.49. The summed E-state index contributed by atoms with van der Waals surface area (Å²) < 4.78 is 0. The topological polar surface area (TPSA) is 32.3 Å². The highest BCUT2D eigenvalue weighted by Gasteiger charge is 2.07. The third kappa shape index (κ3) is 3.40. The number of aliphatic hydroxyl groups is 1. The van der Waals surface area contributed by atoms with Crippen molar-refractivity contribution in [2.75, 3.05) is 6.54 Å². The number of hydrogen-bond acceptors (Lipinski definition) is 3. The Morgan fingerprint density at radius 1 is 1.29 bits per heavy atom. The molecule has 2 rings (SSSR count). The van der Waals surface area contributed by atoms with E-state index in [9.17, 15) is 5.11 Å². The lowest BCUT2D eigenvalue weighted by molar-refractivity contribution is 0.175. The van der Waals surface area contributed by atoms with Crippen LogP contribution < -0.4 is 5.32 Å². The number of hydrogen-bond donors (Lipinski definition) is 2. The summed E-state index contributed by atoms with van der Waals surface area (Å²) in [7, 11) is 0. The zero-order valence-corrected chi connectivity index (χ0v) is 10.7. The quantitative estimate of drug-likeness (QED) is 0.851. The predicted octanol–water partition coefficient (Wildman–Crippen LogP) is 2.88. The minimum absolute atomic E-state index is 0.412. The first-order valence-electron chi connectivity index (χ1n) is 5.73. The molecule has 0 radical (unpaired) electrons. The maximum atomic E-state index is 9.90. The van der Waals surface area contributed by atoms with Crippen LogP contribution in [0.4, 0.5) is 0 Å². The molecule has 17 heavy (non-hydrogen) atoms. The van der Waals surface area contributed by atoms with Crippen molar-refractivity contribution < 1.29 is 5.11 Å². The predicted molar refractivity (Wildman–Crippen MR) is 72.2 cm³/mol. The van der Waals surface area contributed by atoms with Gasteiger partial charge in [0, 0.05) is 13.1 Å². The van der Waals surface area contributed by atoms with E-state index in [4.69, 9.17) is 0 Å². The molecule has 0 bridgehead atoms. The second-order valence-corrected chi connectivity index (χ2v) is 4.91. The van der Waals surface area contributed by atoms with Crippen molar-refractivity contribution >= 4 is 11.3 Å². The highest BCUT2D eigenvalue weighted by Crippen LogP contribution is 2.15. The number of benzene rings is 1. The third-order valence-corrected chi connectivity index (χ3v) is 3.54. The van der Waals surface area contributed by atoms with Crippen molar-refractivity contribution in [2.45, 2.75) is 19.6 Å².